The van der Waals surface area contributed by atoms with Gasteiger partial charge in [0.15, 0.2) is 0 Å². The Labute approximate surface area is 77.5 Å². The van der Waals surface area contributed by atoms with Crippen LogP contribution in [0.25, 0.3) is 0 Å². The molecule has 0 atom stereocenters. The molecule has 2 heteroatoms. The van der Waals surface area contributed by atoms with Crippen molar-refractivity contribution in [1.82, 2.24) is 0 Å². The zero-order valence-electron chi connectivity index (χ0n) is 7.41. The van der Waals surface area contributed by atoms with Crippen molar-refractivity contribution >= 4 is 5.97 Å². The number of rotatable bonds is 2. The minimum atomic E-state index is -0.480. The van der Waals surface area contributed by atoms with Crippen LogP contribution in [0.2, 0.25) is 0 Å². The Bertz CT molecular complexity index is 330. The summed E-state index contributed by atoms with van der Waals surface area (Å²) in [5, 5.41) is 0. The smallest absolute Gasteiger partial charge is 0.384 e. The van der Waals surface area contributed by atoms with Crippen LogP contribution in [-0.2, 0) is 16.1 Å². The van der Waals surface area contributed by atoms with Gasteiger partial charge in [-0.15, -0.1) is 0 Å². The topological polar surface area (TPSA) is 26.3 Å². The van der Waals surface area contributed by atoms with Crippen molar-refractivity contribution in [3.8, 4) is 11.8 Å². The molecule has 2 nitrogen and oxygen atoms in total. The van der Waals surface area contributed by atoms with Crippen molar-refractivity contribution in [2.45, 2.75) is 13.5 Å². The zero-order chi connectivity index (χ0) is 9.52. The molecule has 0 spiro atoms. The first-order chi connectivity index (χ1) is 6.33. The van der Waals surface area contributed by atoms with Crippen LogP contribution in [0.4, 0.5) is 0 Å². The van der Waals surface area contributed by atoms with E-state index in [2.05, 4.69) is 11.8 Å². The predicted molar refractivity (Wildman–Crippen MR) is 49.7 cm³/mol. The van der Waals surface area contributed by atoms with Gasteiger partial charge in [0.1, 0.15) is 6.61 Å². The highest BCUT2D eigenvalue weighted by Crippen LogP contribution is 1.99. The number of carbonyl (C=O) groups is 1. The van der Waals surface area contributed by atoms with E-state index in [1.54, 1.807) is 6.92 Å². The number of carbonyl (C=O) groups excluding carboxylic acids is 1. The lowest BCUT2D eigenvalue weighted by atomic mass is 10.2. The van der Waals surface area contributed by atoms with E-state index < -0.39 is 5.97 Å². The molecule has 0 aliphatic carbocycles. The molecule has 13 heavy (non-hydrogen) atoms. The first-order valence-electron chi connectivity index (χ1n) is 3.96. The van der Waals surface area contributed by atoms with Crippen molar-refractivity contribution in [1.29, 1.82) is 0 Å². The average Bonchev–Trinajstić information content (AvgIpc) is 2.17. The van der Waals surface area contributed by atoms with Crippen LogP contribution >= 0.6 is 0 Å². The molecule has 0 saturated heterocycles. The van der Waals surface area contributed by atoms with Gasteiger partial charge in [-0.2, -0.15) is 0 Å². The lowest BCUT2D eigenvalue weighted by Crippen LogP contribution is -2.00. The number of esters is 1. The first-order valence-corrected chi connectivity index (χ1v) is 3.96. The van der Waals surface area contributed by atoms with Gasteiger partial charge in [-0.25, -0.2) is 4.79 Å². The van der Waals surface area contributed by atoms with E-state index in [4.69, 9.17) is 4.74 Å². The zero-order valence-corrected chi connectivity index (χ0v) is 7.41. The van der Waals surface area contributed by atoms with E-state index in [1.165, 1.54) is 0 Å². The Morgan fingerprint density at radius 2 is 2.08 bits per heavy atom. The lowest BCUT2D eigenvalue weighted by Gasteiger charge is -1.99. The second kappa shape index (κ2) is 5.00. The molecule has 1 aromatic carbocycles. The molecule has 0 saturated carbocycles. The number of hydrogen-bond donors (Lipinski definition) is 0. The largest absolute Gasteiger partial charge is 0.451 e. The molecule has 1 rings (SSSR count). The first kappa shape index (κ1) is 9.34. The van der Waals surface area contributed by atoms with Crippen molar-refractivity contribution < 1.29 is 9.53 Å². The second-order valence-electron chi connectivity index (χ2n) is 2.44. The van der Waals surface area contributed by atoms with Crippen LogP contribution in [0.3, 0.4) is 0 Å². The normalized spacial score (nSPS) is 8.38. The minimum absolute atomic E-state index is 0.286. The van der Waals surface area contributed by atoms with Gasteiger partial charge in [0.2, 0.25) is 0 Å². The Morgan fingerprint density at radius 1 is 1.38 bits per heavy atom. The van der Waals surface area contributed by atoms with E-state index in [1.807, 2.05) is 30.3 Å². The highest BCUT2D eigenvalue weighted by molar-refractivity contribution is 5.88. The third-order valence-electron chi connectivity index (χ3n) is 1.44. The predicted octanol–water partition coefficient (Wildman–Crippen LogP) is 1.75. The van der Waals surface area contributed by atoms with E-state index in [0.29, 0.717) is 0 Å². The van der Waals surface area contributed by atoms with Crippen LogP contribution in [0.1, 0.15) is 12.5 Å². The van der Waals surface area contributed by atoms with Crippen LogP contribution in [0, 0.1) is 11.8 Å². The molecule has 0 unspecified atom stereocenters. The molecule has 0 bridgehead atoms. The van der Waals surface area contributed by atoms with Gasteiger partial charge in [-0.1, -0.05) is 36.3 Å². The molecule has 1 aromatic rings. The summed E-state index contributed by atoms with van der Waals surface area (Å²) in [5.74, 6) is 4.30. The number of ether oxygens (including phenoxy) is 1. The fraction of sp³-hybridized carbons (Fsp3) is 0.182. The molecule has 66 valence electrons. The van der Waals surface area contributed by atoms with Gasteiger partial charge in [-0.05, 0) is 12.5 Å². The van der Waals surface area contributed by atoms with Crippen molar-refractivity contribution in [3.63, 3.8) is 0 Å². The highest BCUT2D eigenvalue weighted by atomic mass is 16.5. The van der Waals surface area contributed by atoms with Crippen molar-refractivity contribution in [3.05, 3.63) is 35.9 Å². The summed E-state index contributed by atoms with van der Waals surface area (Å²) in [7, 11) is 0. The highest BCUT2D eigenvalue weighted by Gasteiger charge is 1.96. The van der Waals surface area contributed by atoms with Gasteiger partial charge in [0.05, 0.1) is 0 Å². The molecule has 0 aromatic heterocycles. The van der Waals surface area contributed by atoms with E-state index in [9.17, 15) is 4.79 Å². The van der Waals surface area contributed by atoms with Gasteiger partial charge in [-0.3, -0.25) is 0 Å². The average molecular weight is 174 g/mol. The summed E-state index contributed by atoms with van der Waals surface area (Å²) in [6, 6.07) is 9.50. The Hall–Kier alpha value is -1.75. The minimum Gasteiger partial charge on any atom is -0.451 e. The fourth-order valence-electron chi connectivity index (χ4n) is 0.861. The second-order valence-corrected chi connectivity index (χ2v) is 2.44. The quantitative estimate of drug-likeness (QED) is 0.388. The molecule has 0 aliphatic heterocycles. The summed E-state index contributed by atoms with van der Waals surface area (Å²) < 4.78 is 4.86. The molecular formula is C11H10O2. The maximum absolute atomic E-state index is 10.8. The van der Waals surface area contributed by atoms with E-state index in [0.717, 1.165) is 5.56 Å². The van der Waals surface area contributed by atoms with Crippen molar-refractivity contribution in [2.75, 3.05) is 0 Å². The van der Waals surface area contributed by atoms with Crippen LogP contribution in [0.15, 0.2) is 30.3 Å². The molecule has 0 fully saturated rings. The monoisotopic (exact) mass is 174 g/mol. The van der Waals surface area contributed by atoms with Crippen LogP contribution < -0.4 is 0 Å². The number of hydrogen-bond acceptors (Lipinski definition) is 2. The van der Waals surface area contributed by atoms with E-state index in [-0.39, 0.29) is 6.61 Å². The molecule has 0 aliphatic rings. The van der Waals surface area contributed by atoms with Gasteiger partial charge < -0.3 is 4.74 Å². The summed E-state index contributed by atoms with van der Waals surface area (Å²) in [5.41, 5.74) is 0.966. The van der Waals surface area contributed by atoms with Gasteiger partial charge in [0, 0.05) is 5.92 Å². The molecular weight excluding hydrogens is 164 g/mol. The summed E-state index contributed by atoms with van der Waals surface area (Å²) >= 11 is 0. The van der Waals surface area contributed by atoms with Gasteiger partial charge >= 0.3 is 5.97 Å². The van der Waals surface area contributed by atoms with Crippen molar-refractivity contribution in [2.24, 2.45) is 0 Å². The Kier molecular flexibility index (Phi) is 3.59. The lowest BCUT2D eigenvalue weighted by molar-refractivity contribution is -0.137. The standard InChI is InChI=1S/C11H10O2/c1-2-6-11(12)13-9-10-7-4-3-5-8-10/h3-5,7-8H,9H2,1H3. The number of benzene rings is 1. The van der Waals surface area contributed by atoms with E-state index >= 15 is 0 Å². The summed E-state index contributed by atoms with van der Waals surface area (Å²) in [6.45, 7) is 1.89. The van der Waals surface area contributed by atoms with Gasteiger partial charge in [0.25, 0.3) is 0 Å². The Balaban J connectivity index is 2.43. The molecule has 0 heterocycles. The molecule has 0 amide bonds. The SMILES string of the molecule is CC#CC(=O)OCc1ccccc1. The third kappa shape index (κ3) is 3.44. The summed E-state index contributed by atoms with van der Waals surface area (Å²) in [4.78, 5) is 10.8. The van der Waals surface area contributed by atoms with Crippen LogP contribution in [0.5, 0.6) is 0 Å². The molecule has 0 radical (unpaired) electrons. The molecule has 0 N–H and O–H groups in total. The maximum atomic E-state index is 10.8. The third-order valence-corrected chi connectivity index (χ3v) is 1.44. The fourth-order valence-corrected chi connectivity index (χ4v) is 0.861. The Morgan fingerprint density at radius 3 is 2.69 bits per heavy atom. The summed E-state index contributed by atoms with van der Waals surface area (Å²) in [6.07, 6.45) is 0. The van der Waals surface area contributed by atoms with Crippen LogP contribution in [-0.4, -0.2) is 5.97 Å². The maximum Gasteiger partial charge on any atom is 0.384 e.